The standard InChI is InChI=1S/C12H18FN5O4/c1-2-21-11(18-12(14)15)10-16-3-5(17-10)9-7(13)8(20)6(4-19)22-9/h3,6-9,19-20H,2,4H2,1H3,(H3,14,15)(H,16,17)/b18-11+/t6-,7-,8-,9+/m1/s1. The molecule has 0 bridgehead atoms. The molecule has 0 saturated carbocycles. The molecule has 1 aromatic heterocycles. The number of aliphatic imine (C=N–C) groups is 1. The molecule has 1 fully saturated rings. The lowest BCUT2D eigenvalue weighted by Gasteiger charge is -2.10. The van der Waals surface area contributed by atoms with Crippen LogP contribution >= 0.6 is 0 Å². The third-order valence-electron chi connectivity index (χ3n) is 3.11. The molecule has 2 heterocycles. The van der Waals surface area contributed by atoms with Gasteiger partial charge in [0, 0.05) is 0 Å². The second kappa shape index (κ2) is 6.81. The van der Waals surface area contributed by atoms with Gasteiger partial charge in [-0.3, -0.25) is 5.41 Å². The van der Waals surface area contributed by atoms with Crippen molar-refractivity contribution in [3.63, 3.8) is 0 Å². The molecule has 0 spiro atoms. The van der Waals surface area contributed by atoms with E-state index in [1.807, 2.05) is 0 Å². The topological polar surface area (TPSA) is 150 Å². The molecule has 122 valence electrons. The zero-order chi connectivity index (χ0) is 16.3. The Labute approximate surface area is 125 Å². The van der Waals surface area contributed by atoms with Crippen molar-refractivity contribution in [3.05, 3.63) is 17.7 Å². The average molecular weight is 315 g/mol. The first-order chi connectivity index (χ1) is 10.5. The molecular formula is C12H18FN5O4. The monoisotopic (exact) mass is 315 g/mol. The van der Waals surface area contributed by atoms with Crippen LogP contribution < -0.4 is 5.73 Å². The lowest BCUT2D eigenvalue weighted by atomic mass is 10.1. The van der Waals surface area contributed by atoms with Crippen LogP contribution in [0.2, 0.25) is 0 Å². The van der Waals surface area contributed by atoms with Gasteiger partial charge in [-0.2, -0.15) is 4.99 Å². The molecule has 1 aromatic rings. The normalized spacial score (nSPS) is 28.8. The van der Waals surface area contributed by atoms with Crippen LogP contribution in [-0.4, -0.2) is 63.6 Å². The quantitative estimate of drug-likeness (QED) is 0.363. The molecule has 0 aromatic carbocycles. The molecule has 0 amide bonds. The van der Waals surface area contributed by atoms with Crippen molar-refractivity contribution in [2.45, 2.75) is 31.4 Å². The average Bonchev–Trinajstić information content (AvgIpc) is 3.05. The van der Waals surface area contributed by atoms with Gasteiger partial charge in [-0.25, -0.2) is 9.37 Å². The van der Waals surface area contributed by atoms with E-state index >= 15 is 0 Å². The molecule has 0 radical (unpaired) electrons. The van der Waals surface area contributed by atoms with E-state index in [1.54, 1.807) is 6.92 Å². The van der Waals surface area contributed by atoms with Crippen molar-refractivity contribution < 1.29 is 24.1 Å². The Kier molecular flexibility index (Phi) is 5.06. The summed E-state index contributed by atoms with van der Waals surface area (Å²) in [5, 5.41) is 25.8. The summed E-state index contributed by atoms with van der Waals surface area (Å²) in [6.07, 6.45) is -3.89. The first kappa shape index (κ1) is 16.3. The predicted octanol–water partition coefficient (Wildman–Crippen LogP) is -0.783. The fourth-order valence-electron chi connectivity index (χ4n) is 2.11. The van der Waals surface area contributed by atoms with Crippen LogP contribution in [0.15, 0.2) is 11.2 Å². The van der Waals surface area contributed by atoms with E-state index in [4.69, 9.17) is 25.7 Å². The third-order valence-corrected chi connectivity index (χ3v) is 3.11. The number of guanidine groups is 1. The number of nitrogens with one attached hydrogen (secondary N) is 2. The summed E-state index contributed by atoms with van der Waals surface area (Å²) < 4.78 is 24.5. The highest BCUT2D eigenvalue weighted by atomic mass is 19.1. The van der Waals surface area contributed by atoms with Gasteiger partial charge in [-0.1, -0.05) is 0 Å². The number of rotatable bonds is 4. The van der Waals surface area contributed by atoms with Crippen molar-refractivity contribution in [2.24, 2.45) is 10.7 Å². The number of nitrogens with two attached hydrogens (primary N) is 1. The molecule has 6 N–H and O–H groups in total. The minimum Gasteiger partial charge on any atom is -0.475 e. The number of ether oxygens (including phenoxy) is 2. The number of H-pyrrole nitrogens is 1. The number of aromatic nitrogens is 2. The Morgan fingerprint density at radius 2 is 2.41 bits per heavy atom. The molecule has 1 aliphatic rings. The summed E-state index contributed by atoms with van der Waals surface area (Å²) in [7, 11) is 0. The van der Waals surface area contributed by atoms with Crippen molar-refractivity contribution in [1.29, 1.82) is 5.41 Å². The van der Waals surface area contributed by atoms with E-state index < -0.39 is 37.1 Å². The first-order valence-corrected chi connectivity index (χ1v) is 6.67. The molecule has 9 nitrogen and oxygen atoms in total. The first-order valence-electron chi connectivity index (χ1n) is 6.67. The number of alkyl halides is 1. The number of halogens is 1. The van der Waals surface area contributed by atoms with E-state index in [0.29, 0.717) is 0 Å². The fraction of sp³-hybridized carbons (Fsp3) is 0.583. The summed E-state index contributed by atoms with van der Waals surface area (Å²) in [5.41, 5.74) is 5.45. The summed E-state index contributed by atoms with van der Waals surface area (Å²) in [6.45, 7) is 1.51. The Morgan fingerprint density at radius 3 is 2.95 bits per heavy atom. The van der Waals surface area contributed by atoms with Crippen LogP contribution in [-0.2, 0) is 9.47 Å². The third kappa shape index (κ3) is 3.24. The highest BCUT2D eigenvalue weighted by molar-refractivity contribution is 5.98. The molecule has 2 rings (SSSR count). The van der Waals surface area contributed by atoms with Gasteiger partial charge >= 0.3 is 0 Å². The van der Waals surface area contributed by atoms with E-state index in [2.05, 4.69) is 15.0 Å². The number of aromatic amines is 1. The Bertz CT molecular complexity index is 563. The SMILES string of the molecule is CCO/C(=N/C(=N)N)c1ncc([C@@H]2O[C@H](CO)[C@@H](O)[C@H]2F)[nH]1. The van der Waals surface area contributed by atoms with Crippen LogP contribution in [0.1, 0.15) is 24.5 Å². The maximum Gasteiger partial charge on any atom is 0.261 e. The molecule has 1 aliphatic heterocycles. The second-order valence-electron chi connectivity index (χ2n) is 4.64. The lowest BCUT2D eigenvalue weighted by molar-refractivity contribution is -0.0236. The van der Waals surface area contributed by atoms with Crippen LogP contribution in [0.4, 0.5) is 4.39 Å². The number of nitrogens with zero attached hydrogens (tertiary/aromatic N) is 2. The smallest absolute Gasteiger partial charge is 0.261 e. The number of hydrogen-bond acceptors (Lipinski definition) is 6. The van der Waals surface area contributed by atoms with E-state index in [-0.39, 0.29) is 24.0 Å². The molecule has 1 saturated heterocycles. The van der Waals surface area contributed by atoms with E-state index in [0.717, 1.165) is 0 Å². The summed E-state index contributed by atoms with van der Waals surface area (Å²) in [6, 6.07) is 0. The number of hydrogen-bond donors (Lipinski definition) is 5. The van der Waals surface area contributed by atoms with Crippen LogP contribution in [0, 0.1) is 5.41 Å². The van der Waals surface area contributed by atoms with Crippen molar-refractivity contribution in [2.75, 3.05) is 13.2 Å². The van der Waals surface area contributed by atoms with Gasteiger partial charge in [-0.15, -0.1) is 0 Å². The van der Waals surface area contributed by atoms with Gasteiger partial charge in [0.15, 0.2) is 12.0 Å². The van der Waals surface area contributed by atoms with Gasteiger partial charge in [0.1, 0.15) is 18.3 Å². The fourth-order valence-corrected chi connectivity index (χ4v) is 2.11. The van der Waals surface area contributed by atoms with Gasteiger partial charge in [0.25, 0.3) is 5.90 Å². The summed E-state index contributed by atoms with van der Waals surface area (Å²) >= 11 is 0. The molecule has 4 atom stereocenters. The Morgan fingerprint density at radius 1 is 1.68 bits per heavy atom. The minimum atomic E-state index is -1.70. The minimum absolute atomic E-state index is 0.00564. The van der Waals surface area contributed by atoms with Crippen LogP contribution in [0.25, 0.3) is 0 Å². The predicted molar refractivity (Wildman–Crippen MR) is 74.3 cm³/mol. The van der Waals surface area contributed by atoms with E-state index in [1.165, 1.54) is 6.20 Å². The second-order valence-corrected chi connectivity index (χ2v) is 4.64. The zero-order valence-electron chi connectivity index (χ0n) is 11.9. The maximum atomic E-state index is 14.0. The van der Waals surface area contributed by atoms with Crippen LogP contribution in [0.3, 0.4) is 0 Å². The van der Waals surface area contributed by atoms with Crippen molar-refractivity contribution >= 4 is 11.9 Å². The number of aliphatic hydroxyl groups is 2. The highest BCUT2D eigenvalue weighted by Crippen LogP contribution is 2.34. The van der Waals surface area contributed by atoms with Crippen molar-refractivity contribution in [1.82, 2.24) is 9.97 Å². The van der Waals surface area contributed by atoms with Crippen molar-refractivity contribution in [3.8, 4) is 0 Å². The lowest BCUT2D eigenvalue weighted by Crippen LogP contribution is -2.30. The van der Waals surface area contributed by atoms with Gasteiger partial charge in [0.05, 0.1) is 25.1 Å². The summed E-state index contributed by atoms with van der Waals surface area (Å²) in [5.74, 6) is -0.309. The van der Waals surface area contributed by atoms with Crippen LogP contribution in [0.5, 0.6) is 0 Å². The van der Waals surface area contributed by atoms with Gasteiger partial charge in [-0.05, 0) is 6.92 Å². The molecule has 0 unspecified atom stereocenters. The maximum absolute atomic E-state index is 14.0. The van der Waals surface area contributed by atoms with Gasteiger partial charge < -0.3 is 30.4 Å². The molecule has 10 heteroatoms. The van der Waals surface area contributed by atoms with Gasteiger partial charge in [0.2, 0.25) is 5.96 Å². The molecule has 0 aliphatic carbocycles. The Hall–Kier alpha value is -2.04. The Balaban J connectivity index is 2.22. The number of aliphatic hydroxyl groups excluding tert-OH is 2. The molecular weight excluding hydrogens is 297 g/mol. The van der Waals surface area contributed by atoms with E-state index in [9.17, 15) is 9.50 Å². The highest BCUT2D eigenvalue weighted by Gasteiger charge is 2.45. The largest absolute Gasteiger partial charge is 0.475 e. The molecule has 22 heavy (non-hydrogen) atoms. The summed E-state index contributed by atoms with van der Waals surface area (Å²) in [4.78, 5) is 10.4. The zero-order valence-corrected chi connectivity index (χ0v) is 11.9. The number of imidazole rings is 1.